The van der Waals surface area contributed by atoms with Crippen molar-refractivity contribution in [2.75, 3.05) is 0 Å². The molecule has 1 amide bonds. The molecule has 0 radical (unpaired) electrons. The fourth-order valence-corrected chi connectivity index (χ4v) is 5.14. The Morgan fingerprint density at radius 1 is 0.914 bits per heavy atom. The van der Waals surface area contributed by atoms with Gasteiger partial charge < -0.3 is 9.08 Å². The summed E-state index contributed by atoms with van der Waals surface area (Å²) in [6.45, 7) is 0.0939. The van der Waals surface area contributed by atoms with E-state index in [1.807, 2.05) is 0 Å². The molecule has 1 heterocycles. The molecule has 180 valence electrons. The van der Waals surface area contributed by atoms with Crippen LogP contribution in [0, 0.1) is 11.6 Å². The van der Waals surface area contributed by atoms with E-state index in [1.165, 1.54) is 46.6 Å². The van der Waals surface area contributed by atoms with Gasteiger partial charge in [-0.2, -0.15) is 8.42 Å². The van der Waals surface area contributed by atoms with Gasteiger partial charge in [-0.05, 0) is 71.6 Å². The Bertz CT molecular complexity index is 1430. The monoisotopic (exact) mass is 533 g/mol. The van der Waals surface area contributed by atoms with Gasteiger partial charge in [0.25, 0.3) is 5.91 Å². The van der Waals surface area contributed by atoms with Gasteiger partial charge in [-0.1, -0.05) is 29.8 Å². The Kier molecular flexibility index (Phi) is 7.49. The van der Waals surface area contributed by atoms with Crippen molar-refractivity contribution in [3.63, 3.8) is 0 Å². The van der Waals surface area contributed by atoms with Gasteiger partial charge >= 0.3 is 10.1 Å². The number of carbonyl (C=O) groups excluding carboxylic acids is 1. The van der Waals surface area contributed by atoms with Crippen molar-refractivity contribution in [3.8, 4) is 5.75 Å². The van der Waals surface area contributed by atoms with Crippen molar-refractivity contribution in [1.82, 2.24) is 4.90 Å². The van der Waals surface area contributed by atoms with E-state index in [4.69, 9.17) is 15.8 Å². The molecule has 35 heavy (non-hydrogen) atoms. The molecule has 0 atom stereocenters. The molecule has 0 aliphatic heterocycles. The minimum atomic E-state index is -4.28. The highest BCUT2D eigenvalue weighted by atomic mass is 35.5. The first kappa shape index (κ1) is 24.8. The molecular weight excluding hydrogens is 516 g/mol. The molecule has 1 aromatic heterocycles. The van der Waals surface area contributed by atoms with E-state index in [-0.39, 0.29) is 29.6 Å². The molecule has 0 N–H and O–H groups in total. The first-order valence-electron chi connectivity index (χ1n) is 10.3. The van der Waals surface area contributed by atoms with Gasteiger partial charge in [0.15, 0.2) is 0 Å². The molecule has 0 fully saturated rings. The van der Waals surface area contributed by atoms with Crippen LogP contribution in [0.5, 0.6) is 5.75 Å². The SMILES string of the molecule is O=C(c1cccs1)N(Cc1ccc(F)cc1)Cc1cc(Cl)ccc1OS(=O)(=O)c1ccc(F)cc1. The zero-order valence-corrected chi connectivity index (χ0v) is 20.4. The van der Waals surface area contributed by atoms with Crippen LogP contribution < -0.4 is 4.18 Å². The zero-order chi connectivity index (χ0) is 25.0. The third-order valence-corrected chi connectivity index (χ3v) is 7.33. The minimum Gasteiger partial charge on any atom is -0.379 e. The summed E-state index contributed by atoms with van der Waals surface area (Å²) in [5.41, 5.74) is 1.02. The van der Waals surface area contributed by atoms with Crippen molar-refractivity contribution in [3.05, 3.63) is 117 Å². The molecule has 0 unspecified atom stereocenters. The molecule has 0 saturated heterocycles. The van der Waals surface area contributed by atoms with E-state index in [1.54, 1.807) is 29.6 Å². The van der Waals surface area contributed by atoms with Gasteiger partial charge in [-0.3, -0.25) is 4.79 Å². The van der Waals surface area contributed by atoms with Gasteiger partial charge in [0.1, 0.15) is 22.3 Å². The number of hydrogen-bond acceptors (Lipinski definition) is 5. The summed E-state index contributed by atoms with van der Waals surface area (Å²) in [6, 6.07) is 17.8. The lowest BCUT2D eigenvalue weighted by Gasteiger charge is -2.24. The smallest absolute Gasteiger partial charge is 0.339 e. The number of rotatable bonds is 8. The molecule has 0 spiro atoms. The van der Waals surface area contributed by atoms with Gasteiger partial charge in [0.2, 0.25) is 0 Å². The molecule has 10 heteroatoms. The Labute approximate surface area is 210 Å². The Morgan fingerprint density at radius 3 is 2.20 bits per heavy atom. The number of halogens is 3. The van der Waals surface area contributed by atoms with Gasteiger partial charge in [-0.25, -0.2) is 8.78 Å². The van der Waals surface area contributed by atoms with E-state index in [9.17, 15) is 22.0 Å². The lowest BCUT2D eigenvalue weighted by molar-refractivity contribution is 0.0734. The summed E-state index contributed by atoms with van der Waals surface area (Å²) in [5.74, 6) is -1.31. The maximum Gasteiger partial charge on any atom is 0.339 e. The van der Waals surface area contributed by atoms with Gasteiger partial charge in [-0.15, -0.1) is 11.3 Å². The molecule has 0 saturated carbocycles. The number of benzene rings is 3. The fourth-order valence-electron chi connectivity index (χ4n) is 3.29. The topological polar surface area (TPSA) is 63.7 Å². The van der Waals surface area contributed by atoms with Crippen LogP contribution >= 0.6 is 22.9 Å². The van der Waals surface area contributed by atoms with Crippen LogP contribution in [0.4, 0.5) is 8.78 Å². The number of carbonyl (C=O) groups is 1. The second-order valence-corrected chi connectivity index (χ2v) is 10.4. The highest BCUT2D eigenvalue weighted by Crippen LogP contribution is 2.29. The summed E-state index contributed by atoms with van der Waals surface area (Å²) >= 11 is 7.44. The summed E-state index contributed by atoms with van der Waals surface area (Å²) in [6.07, 6.45) is 0. The summed E-state index contributed by atoms with van der Waals surface area (Å²) in [5, 5.41) is 2.09. The van der Waals surface area contributed by atoms with Crippen LogP contribution in [0.3, 0.4) is 0 Å². The van der Waals surface area contributed by atoms with Crippen molar-refractivity contribution in [2.45, 2.75) is 18.0 Å². The predicted molar refractivity (Wildman–Crippen MR) is 130 cm³/mol. The van der Waals surface area contributed by atoms with Crippen LogP contribution in [0.1, 0.15) is 20.8 Å². The summed E-state index contributed by atoms with van der Waals surface area (Å²) in [4.78, 5) is 15.0. The first-order valence-corrected chi connectivity index (χ1v) is 12.9. The maximum absolute atomic E-state index is 13.4. The third-order valence-electron chi connectivity index (χ3n) is 4.99. The van der Waals surface area contributed by atoms with E-state index in [0.717, 1.165) is 24.3 Å². The van der Waals surface area contributed by atoms with Crippen molar-refractivity contribution < 1.29 is 26.2 Å². The third kappa shape index (κ3) is 6.25. The molecule has 4 rings (SSSR count). The number of thiophene rings is 1. The van der Waals surface area contributed by atoms with Crippen LogP contribution in [0.2, 0.25) is 5.02 Å². The van der Waals surface area contributed by atoms with Gasteiger partial charge in [0, 0.05) is 17.1 Å². The van der Waals surface area contributed by atoms with E-state index in [0.29, 0.717) is 21.0 Å². The van der Waals surface area contributed by atoms with Crippen molar-refractivity contribution in [1.29, 1.82) is 0 Å². The predicted octanol–water partition coefficient (Wildman–Crippen LogP) is 6.29. The van der Waals surface area contributed by atoms with Crippen LogP contribution in [0.25, 0.3) is 0 Å². The lowest BCUT2D eigenvalue weighted by atomic mass is 10.1. The second-order valence-electron chi connectivity index (χ2n) is 7.51. The molecule has 5 nitrogen and oxygen atoms in total. The molecule has 3 aromatic carbocycles. The molecule has 0 aliphatic carbocycles. The van der Waals surface area contributed by atoms with E-state index >= 15 is 0 Å². The summed E-state index contributed by atoms with van der Waals surface area (Å²) in [7, 11) is -4.28. The zero-order valence-electron chi connectivity index (χ0n) is 18.0. The summed E-state index contributed by atoms with van der Waals surface area (Å²) < 4.78 is 57.6. The standard InChI is InChI=1S/C25H18ClF2NO4S2/c26-19-5-12-23(33-35(31,32)22-10-8-21(28)9-11-22)18(14-19)16-29(25(30)24-2-1-13-34-24)15-17-3-6-20(27)7-4-17/h1-14H,15-16H2. The van der Waals surface area contributed by atoms with Crippen molar-refractivity contribution in [2.24, 2.45) is 0 Å². The number of hydrogen-bond donors (Lipinski definition) is 0. The molecule has 0 aliphatic rings. The van der Waals surface area contributed by atoms with Crippen LogP contribution in [-0.4, -0.2) is 19.2 Å². The Morgan fingerprint density at radius 2 is 1.57 bits per heavy atom. The lowest BCUT2D eigenvalue weighted by Crippen LogP contribution is -2.30. The minimum absolute atomic E-state index is 0.0261. The molecule has 4 aromatic rings. The second kappa shape index (κ2) is 10.6. The van der Waals surface area contributed by atoms with Gasteiger partial charge in [0.05, 0.1) is 11.4 Å². The van der Waals surface area contributed by atoms with E-state index < -0.39 is 21.8 Å². The number of amides is 1. The normalized spacial score (nSPS) is 11.3. The Balaban J connectivity index is 1.67. The van der Waals surface area contributed by atoms with Crippen LogP contribution in [-0.2, 0) is 23.2 Å². The van der Waals surface area contributed by atoms with Crippen molar-refractivity contribution >= 4 is 39.0 Å². The molecule has 0 bridgehead atoms. The highest BCUT2D eigenvalue weighted by molar-refractivity contribution is 7.87. The quantitative estimate of drug-likeness (QED) is 0.250. The highest BCUT2D eigenvalue weighted by Gasteiger charge is 2.23. The largest absolute Gasteiger partial charge is 0.379 e. The number of nitrogens with zero attached hydrogens (tertiary/aromatic N) is 1. The fraction of sp³-hybridized carbons (Fsp3) is 0.0800. The Hall–Kier alpha value is -3.27. The maximum atomic E-state index is 13.4. The first-order chi connectivity index (χ1) is 16.7. The molecular formula is C25H18ClF2NO4S2. The average Bonchev–Trinajstić information content (AvgIpc) is 3.36. The van der Waals surface area contributed by atoms with E-state index in [2.05, 4.69) is 0 Å². The van der Waals surface area contributed by atoms with Crippen LogP contribution in [0.15, 0.2) is 89.1 Å². The average molecular weight is 534 g/mol.